The average molecular weight is 206 g/mol. The highest BCUT2D eigenvalue weighted by molar-refractivity contribution is 5.60. The summed E-state index contributed by atoms with van der Waals surface area (Å²) < 4.78 is 5.17. The Bertz CT molecular complexity index is 351. The van der Waals surface area contributed by atoms with Crippen molar-refractivity contribution in [3.63, 3.8) is 0 Å². The SMILES string of the molecule is CCC1CC1Nc1cc(N)cc(OC)c1. The predicted molar refractivity (Wildman–Crippen MR) is 63.2 cm³/mol. The van der Waals surface area contributed by atoms with Gasteiger partial charge in [0.1, 0.15) is 5.75 Å². The first kappa shape index (κ1) is 10.1. The Labute approximate surface area is 90.6 Å². The molecule has 0 spiro atoms. The molecule has 2 atom stereocenters. The molecule has 1 aromatic rings. The molecule has 0 amide bonds. The fraction of sp³-hybridized carbons (Fsp3) is 0.500. The highest BCUT2D eigenvalue weighted by atomic mass is 16.5. The molecule has 2 unspecified atom stereocenters. The maximum absolute atomic E-state index is 5.78. The number of nitrogen functional groups attached to an aromatic ring is 1. The third-order valence-corrected chi connectivity index (χ3v) is 2.96. The van der Waals surface area contributed by atoms with Crippen molar-refractivity contribution < 1.29 is 4.74 Å². The van der Waals surface area contributed by atoms with Crippen molar-refractivity contribution in [3.8, 4) is 5.75 Å². The number of rotatable bonds is 4. The fourth-order valence-electron chi connectivity index (χ4n) is 1.91. The summed E-state index contributed by atoms with van der Waals surface area (Å²) in [4.78, 5) is 0. The number of ether oxygens (including phenoxy) is 1. The number of methoxy groups -OCH3 is 1. The van der Waals surface area contributed by atoms with E-state index in [9.17, 15) is 0 Å². The summed E-state index contributed by atoms with van der Waals surface area (Å²) >= 11 is 0. The minimum atomic E-state index is 0.626. The Morgan fingerprint density at radius 1 is 1.47 bits per heavy atom. The van der Waals surface area contributed by atoms with Gasteiger partial charge in [-0.1, -0.05) is 13.3 Å². The largest absolute Gasteiger partial charge is 0.497 e. The molecule has 0 saturated heterocycles. The van der Waals surface area contributed by atoms with Crippen LogP contribution in [-0.2, 0) is 0 Å². The van der Waals surface area contributed by atoms with Crippen LogP contribution in [0.3, 0.4) is 0 Å². The molecule has 3 heteroatoms. The standard InChI is InChI=1S/C12H18N2O/c1-3-8-4-12(8)14-10-5-9(13)6-11(7-10)15-2/h5-8,12,14H,3-4,13H2,1-2H3. The quantitative estimate of drug-likeness (QED) is 0.744. The van der Waals surface area contributed by atoms with Crippen LogP contribution in [0.1, 0.15) is 19.8 Å². The molecule has 15 heavy (non-hydrogen) atoms. The molecule has 0 aromatic heterocycles. The Balaban J connectivity index is 2.05. The van der Waals surface area contributed by atoms with E-state index >= 15 is 0 Å². The molecular weight excluding hydrogens is 188 g/mol. The Morgan fingerprint density at radius 3 is 2.87 bits per heavy atom. The van der Waals surface area contributed by atoms with Gasteiger partial charge in [-0.15, -0.1) is 0 Å². The van der Waals surface area contributed by atoms with Gasteiger partial charge in [0.25, 0.3) is 0 Å². The maximum atomic E-state index is 5.78. The zero-order valence-corrected chi connectivity index (χ0v) is 9.29. The Morgan fingerprint density at radius 2 is 2.27 bits per heavy atom. The minimum Gasteiger partial charge on any atom is -0.497 e. The summed E-state index contributed by atoms with van der Waals surface area (Å²) in [5, 5.41) is 3.47. The molecule has 1 aromatic carbocycles. The van der Waals surface area contributed by atoms with Gasteiger partial charge in [-0.05, 0) is 18.4 Å². The molecule has 1 fully saturated rings. The number of hydrogen-bond donors (Lipinski definition) is 2. The second-order valence-electron chi connectivity index (χ2n) is 4.15. The fourth-order valence-corrected chi connectivity index (χ4v) is 1.91. The van der Waals surface area contributed by atoms with Gasteiger partial charge in [-0.3, -0.25) is 0 Å². The van der Waals surface area contributed by atoms with E-state index in [0.29, 0.717) is 6.04 Å². The molecule has 2 rings (SSSR count). The van der Waals surface area contributed by atoms with Gasteiger partial charge in [-0.25, -0.2) is 0 Å². The van der Waals surface area contributed by atoms with Crippen molar-refractivity contribution >= 4 is 11.4 Å². The molecular formula is C12H18N2O. The monoisotopic (exact) mass is 206 g/mol. The van der Waals surface area contributed by atoms with E-state index in [-0.39, 0.29) is 0 Å². The molecule has 1 aliphatic rings. The number of nitrogens with one attached hydrogen (secondary N) is 1. The lowest BCUT2D eigenvalue weighted by atomic mass is 10.2. The van der Waals surface area contributed by atoms with Gasteiger partial charge < -0.3 is 15.8 Å². The highest BCUT2D eigenvalue weighted by Gasteiger charge is 2.35. The molecule has 1 aliphatic carbocycles. The Kier molecular flexibility index (Phi) is 2.71. The first-order valence-electron chi connectivity index (χ1n) is 5.44. The van der Waals surface area contributed by atoms with Crippen molar-refractivity contribution in [1.82, 2.24) is 0 Å². The van der Waals surface area contributed by atoms with Crippen LogP contribution in [0.2, 0.25) is 0 Å². The number of hydrogen-bond acceptors (Lipinski definition) is 3. The number of nitrogens with two attached hydrogens (primary N) is 1. The minimum absolute atomic E-state index is 0.626. The zero-order valence-electron chi connectivity index (χ0n) is 9.29. The molecule has 82 valence electrons. The summed E-state index contributed by atoms with van der Waals surface area (Å²) in [6.07, 6.45) is 2.52. The van der Waals surface area contributed by atoms with E-state index in [4.69, 9.17) is 10.5 Å². The predicted octanol–water partition coefficient (Wildman–Crippen LogP) is 2.49. The molecule has 0 heterocycles. The average Bonchev–Trinajstić information content (AvgIpc) is 2.95. The molecule has 3 nitrogen and oxygen atoms in total. The van der Waals surface area contributed by atoms with Gasteiger partial charge in [0.05, 0.1) is 7.11 Å². The second-order valence-corrected chi connectivity index (χ2v) is 4.15. The van der Waals surface area contributed by atoms with Crippen LogP contribution < -0.4 is 15.8 Å². The molecule has 0 radical (unpaired) electrons. The van der Waals surface area contributed by atoms with Crippen LogP contribution in [0.15, 0.2) is 18.2 Å². The van der Waals surface area contributed by atoms with Crippen molar-refractivity contribution in [3.05, 3.63) is 18.2 Å². The first-order valence-corrected chi connectivity index (χ1v) is 5.44. The van der Waals surface area contributed by atoms with E-state index in [0.717, 1.165) is 23.0 Å². The van der Waals surface area contributed by atoms with Gasteiger partial charge in [-0.2, -0.15) is 0 Å². The van der Waals surface area contributed by atoms with Crippen molar-refractivity contribution in [1.29, 1.82) is 0 Å². The summed E-state index contributed by atoms with van der Waals surface area (Å²) in [6.45, 7) is 2.23. The molecule has 3 N–H and O–H groups in total. The first-order chi connectivity index (χ1) is 7.22. The summed E-state index contributed by atoms with van der Waals surface area (Å²) in [5.74, 6) is 1.64. The van der Waals surface area contributed by atoms with Crippen LogP contribution in [0.25, 0.3) is 0 Å². The third kappa shape index (κ3) is 2.35. The van der Waals surface area contributed by atoms with Crippen molar-refractivity contribution in [2.24, 2.45) is 5.92 Å². The van der Waals surface area contributed by atoms with Gasteiger partial charge in [0.2, 0.25) is 0 Å². The van der Waals surface area contributed by atoms with Crippen LogP contribution in [0.5, 0.6) is 5.75 Å². The van der Waals surface area contributed by atoms with E-state index in [2.05, 4.69) is 12.2 Å². The maximum Gasteiger partial charge on any atom is 0.122 e. The lowest BCUT2D eigenvalue weighted by molar-refractivity contribution is 0.415. The van der Waals surface area contributed by atoms with Crippen LogP contribution in [0, 0.1) is 5.92 Å². The second kappa shape index (κ2) is 4.01. The van der Waals surface area contributed by atoms with E-state index in [1.807, 2.05) is 18.2 Å². The zero-order chi connectivity index (χ0) is 10.8. The van der Waals surface area contributed by atoms with E-state index < -0.39 is 0 Å². The summed E-state index contributed by atoms with van der Waals surface area (Å²) in [7, 11) is 1.66. The smallest absolute Gasteiger partial charge is 0.122 e. The van der Waals surface area contributed by atoms with Crippen molar-refractivity contribution in [2.45, 2.75) is 25.8 Å². The topological polar surface area (TPSA) is 47.3 Å². The van der Waals surface area contributed by atoms with Gasteiger partial charge in [0, 0.05) is 29.5 Å². The van der Waals surface area contributed by atoms with Crippen LogP contribution >= 0.6 is 0 Å². The highest BCUT2D eigenvalue weighted by Crippen LogP contribution is 2.37. The van der Waals surface area contributed by atoms with Gasteiger partial charge >= 0.3 is 0 Å². The van der Waals surface area contributed by atoms with E-state index in [1.165, 1.54) is 12.8 Å². The van der Waals surface area contributed by atoms with Gasteiger partial charge in [0.15, 0.2) is 0 Å². The normalized spacial score (nSPS) is 23.6. The van der Waals surface area contributed by atoms with Crippen LogP contribution in [-0.4, -0.2) is 13.2 Å². The third-order valence-electron chi connectivity index (χ3n) is 2.96. The van der Waals surface area contributed by atoms with Crippen molar-refractivity contribution in [2.75, 3.05) is 18.2 Å². The molecule has 1 saturated carbocycles. The molecule has 0 aliphatic heterocycles. The summed E-state index contributed by atoms with van der Waals surface area (Å²) in [6, 6.07) is 6.39. The lowest BCUT2D eigenvalue weighted by Gasteiger charge is -2.09. The van der Waals surface area contributed by atoms with Crippen LogP contribution in [0.4, 0.5) is 11.4 Å². The number of benzene rings is 1. The number of anilines is 2. The lowest BCUT2D eigenvalue weighted by Crippen LogP contribution is -2.04. The van der Waals surface area contributed by atoms with E-state index in [1.54, 1.807) is 7.11 Å². The molecule has 0 bridgehead atoms. The summed E-state index contributed by atoms with van der Waals surface area (Å²) in [5.41, 5.74) is 7.58. The Hall–Kier alpha value is -1.38.